The van der Waals surface area contributed by atoms with Gasteiger partial charge in [0.2, 0.25) is 0 Å². The van der Waals surface area contributed by atoms with Crippen molar-refractivity contribution < 1.29 is 25.8 Å². The van der Waals surface area contributed by atoms with Crippen molar-refractivity contribution >= 4 is 0 Å². The topological polar surface area (TPSA) is 124 Å². The van der Waals surface area contributed by atoms with Crippen LogP contribution in [0.5, 0.6) is 0 Å². The van der Waals surface area contributed by atoms with Crippen LogP contribution in [0.4, 0.5) is 0 Å². The van der Waals surface area contributed by atoms with E-state index in [1.165, 1.54) is 0 Å². The van der Waals surface area contributed by atoms with Gasteiger partial charge in [0.25, 0.3) is 0 Å². The molecule has 0 spiro atoms. The number of hydrogen-bond acceptors (Lipinski definition) is 4. The number of nitrogens with one attached hydrogen (secondary N) is 1. The van der Waals surface area contributed by atoms with Crippen molar-refractivity contribution in [3.05, 3.63) is 10.1 Å². The molecule has 0 fully saturated rings. The van der Waals surface area contributed by atoms with Crippen molar-refractivity contribution in [1.29, 1.82) is 0 Å². The van der Waals surface area contributed by atoms with Crippen LogP contribution in [0.1, 0.15) is 0 Å². The van der Waals surface area contributed by atoms with Crippen LogP contribution in [-0.2, 0) is 20.4 Å². The Morgan fingerprint density at radius 3 is 1.33 bits per heavy atom. The molecule has 0 bridgehead atoms. The maximum Gasteiger partial charge on any atom is 0.00366 e. The van der Waals surface area contributed by atoms with Gasteiger partial charge in [0.15, 0.2) is 0 Å². The summed E-state index contributed by atoms with van der Waals surface area (Å²) in [5.41, 5.74) is 0. The normalized spacial score (nSPS) is 2.00. The predicted octanol–water partition coefficient (Wildman–Crippen LogP) is -1.35. The molecule has 0 aromatic rings. The molecule has 0 rings (SSSR count). The maximum absolute atomic E-state index is 8.12. The van der Waals surface area contributed by atoms with Gasteiger partial charge >= 0.3 is 0 Å². The molecule has 0 saturated heterocycles. The molecule has 7 N–H and O–H groups in total. The summed E-state index contributed by atoms with van der Waals surface area (Å²) < 4.78 is 0. The third-order valence-electron chi connectivity index (χ3n) is 0. The quantitative estimate of drug-likeness (QED) is 0.246. The molecule has 0 amide bonds. The molecule has 0 unspecified atom stereocenters. The fourth-order valence-corrected chi connectivity index (χ4v) is 0. The van der Waals surface area contributed by atoms with Crippen LogP contribution in [0.15, 0.2) is 0 Å². The second kappa shape index (κ2) is 81.9. The molecule has 0 aliphatic heterocycles. The minimum absolute atomic E-state index is 0. The summed E-state index contributed by atoms with van der Waals surface area (Å²) in [5.74, 6) is 0. The van der Waals surface area contributed by atoms with E-state index in [9.17, 15) is 0 Å². The first kappa shape index (κ1) is 37.8. The molecule has 0 aromatic carbocycles. The van der Waals surface area contributed by atoms with Gasteiger partial charge in [-0.2, -0.15) is 0 Å². The van der Waals surface area contributed by atoms with Crippen LogP contribution in [-0.4, -0.2) is 0 Å². The SMILES string of the molecule is N.N.O=[NH+][O-].[Pd]. The zero-order valence-corrected chi connectivity index (χ0v) is 4.60. The van der Waals surface area contributed by atoms with Gasteiger partial charge in [0.1, 0.15) is 0 Å². The van der Waals surface area contributed by atoms with Crippen LogP contribution in [0.2, 0.25) is 0 Å². The Morgan fingerprint density at radius 1 is 1.33 bits per heavy atom. The van der Waals surface area contributed by atoms with Crippen LogP contribution in [0.3, 0.4) is 0 Å². The van der Waals surface area contributed by atoms with E-state index in [4.69, 9.17) is 10.1 Å². The van der Waals surface area contributed by atoms with E-state index < -0.39 is 0 Å². The molecular weight excluding hydrogens is 180 g/mol. The molecule has 0 aromatic heterocycles. The summed E-state index contributed by atoms with van der Waals surface area (Å²) in [5, 5.41) is 8.38. The van der Waals surface area contributed by atoms with Gasteiger partial charge in [0, 0.05) is 25.8 Å². The van der Waals surface area contributed by atoms with Crippen molar-refractivity contribution in [2.45, 2.75) is 0 Å². The summed E-state index contributed by atoms with van der Waals surface area (Å²) in [6.45, 7) is 0. The molecule has 5 nitrogen and oxygen atoms in total. The van der Waals surface area contributed by atoms with Gasteiger partial charge in [-0.25, -0.2) is 0 Å². The first-order chi connectivity index (χ1) is 1.41. The van der Waals surface area contributed by atoms with Crippen molar-refractivity contribution in [2.24, 2.45) is 0 Å². The summed E-state index contributed by atoms with van der Waals surface area (Å²) in [6, 6.07) is 0. The van der Waals surface area contributed by atoms with Crippen LogP contribution in [0, 0.1) is 10.1 Å². The Hall–Kier alpha value is -0.0177. The van der Waals surface area contributed by atoms with Crippen molar-refractivity contribution in [2.75, 3.05) is 0 Å². The molecule has 0 heterocycles. The second-order valence-corrected chi connectivity index (χ2v) is 0.0833. The Morgan fingerprint density at radius 2 is 1.33 bits per heavy atom. The van der Waals surface area contributed by atoms with Gasteiger partial charge < -0.3 is 12.3 Å². The Bertz CT molecular complexity index is 16.3. The number of hydrogen-bond donors (Lipinski definition) is 3. The first-order valence-corrected chi connectivity index (χ1v) is 0.408. The van der Waals surface area contributed by atoms with Crippen LogP contribution < -0.4 is 17.6 Å². The maximum atomic E-state index is 8.12. The molecule has 0 saturated carbocycles. The first-order valence-electron chi connectivity index (χ1n) is 0.408. The van der Waals surface area contributed by atoms with E-state index in [0.29, 0.717) is 0 Å². The molecule has 6 heteroatoms. The molecule has 0 aliphatic carbocycles. The molecule has 0 aliphatic rings. The average Bonchev–Trinajstić information content (AvgIpc) is 0.918. The Labute approximate surface area is 48.9 Å². The molecular formula is H7N3O2Pd. The fraction of sp³-hybridized carbons (Fsp3) is 0. The third kappa shape index (κ3) is 114000. The van der Waals surface area contributed by atoms with Gasteiger partial charge in [-0.05, 0) is 0 Å². The van der Waals surface area contributed by atoms with Gasteiger partial charge in [-0.15, -0.1) is 0 Å². The van der Waals surface area contributed by atoms with E-state index in [2.05, 4.69) is 0 Å². The molecule has 44 valence electrons. The van der Waals surface area contributed by atoms with Crippen molar-refractivity contribution in [1.82, 2.24) is 12.3 Å². The largest absolute Gasteiger partial charge is 0.344 e. The summed E-state index contributed by atoms with van der Waals surface area (Å²) in [4.78, 5) is 8.12. The minimum Gasteiger partial charge on any atom is -0.344 e. The van der Waals surface area contributed by atoms with Crippen molar-refractivity contribution in [3.63, 3.8) is 0 Å². The zero-order chi connectivity index (χ0) is 2.71. The van der Waals surface area contributed by atoms with E-state index >= 15 is 0 Å². The molecule has 0 radical (unpaired) electrons. The number of rotatable bonds is 0. The van der Waals surface area contributed by atoms with E-state index in [0.717, 1.165) is 0 Å². The molecule has 6 heavy (non-hydrogen) atoms. The van der Waals surface area contributed by atoms with Gasteiger partial charge in [-0.1, -0.05) is 0 Å². The van der Waals surface area contributed by atoms with Gasteiger partial charge in [-0.3, -0.25) is 10.1 Å². The van der Waals surface area contributed by atoms with Crippen LogP contribution in [0.25, 0.3) is 0 Å². The third-order valence-corrected chi connectivity index (χ3v) is 0. The van der Waals surface area contributed by atoms with E-state index in [1.807, 2.05) is 0 Å². The van der Waals surface area contributed by atoms with E-state index in [-0.39, 0.29) is 38.1 Å². The van der Waals surface area contributed by atoms with Gasteiger partial charge in [0.05, 0.1) is 0 Å². The second-order valence-electron chi connectivity index (χ2n) is 0.0833. The zero-order valence-electron chi connectivity index (χ0n) is 3.05. The average molecular weight is 187 g/mol. The molecule has 0 atom stereocenters. The van der Waals surface area contributed by atoms with E-state index in [1.54, 1.807) is 0 Å². The standard InChI is InChI=1S/HNO2.2H3N.Pd/c2-1-3;;;/h1H;2*1H3;. The monoisotopic (exact) mass is 187 g/mol. The fourth-order valence-electron chi connectivity index (χ4n) is 0. The summed E-state index contributed by atoms with van der Waals surface area (Å²) >= 11 is 0. The summed E-state index contributed by atoms with van der Waals surface area (Å²) in [6.07, 6.45) is 0. The smallest absolute Gasteiger partial charge is 0.00366 e. The van der Waals surface area contributed by atoms with Crippen molar-refractivity contribution in [3.8, 4) is 0 Å². The Balaban J connectivity index is -0.00000000667. The van der Waals surface area contributed by atoms with Crippen LogP contribution >= 0.6 is 0 Å². The summed E-state index contributed by atoms with van der Waals surface area (Å²) in [7, 11) is 0. The minimum atomic E-state index is 0. The predicted molar refractivity (Wildman–Crippen MR) is 17.7 cm³/mol. The Kier molecular flexibility index (Phi) is 516.